The van der Waals surface area contributed by atoms with Gasteiger partial charge in [0, 0.05) is 6.42 Å². The third kappa shape index (κ3) is 7.38. The van der Waals surface area contributed by atoms with E-state index >= 15 is 0 Å². The number of H-pyrrole nitrogens is 1. The van der Waals surface area contributed by atoms with Gasteiger partial charge in [0.2, 0.25) is 11.8 Å². The second kappa shape index (κ2) is 13.8. The highest BCUT2D eigenvalue weighted by atomic mass is 32.2. The quantitative estimate of drug-likeness (QED) is 0.253. The van der Waals surface area contributed by atoms with Gasteiger partial charge in [0.25, 0.3) is 5.56 Å². The van der Waals surface area contributed by atoms with E-state index < -0.39 is 47.2 Å². The van der Waals surface area contributed by atoms with E-state index in [0.29, 0.717) is 23.3 Å². The topological polar surface area (TPSA) is 150 Å². The highest BCUT2D eigenvalue weighted by Crippen LogP contribution is 2.16. The molecule has 1 heterocycles. The van der Waals surface area contributed by atoms with Crippen LogP contribution in [0.4, 0.5) is 0 Å². The van der Waals surface area contributed by atoms with Gasteiger partial charge in [0.1, 0.15) is 18.1 Å². The molecule has 208 valence electrons. The number of fused-ring (bicyclic) bond motifs is 1. The van der Waals surface area contributed by atoms with E-state index in [0.717, 1.165) is 4.57 Å². The Bertz CT molecular complexity index is 1420. The minimum Gasteiger partial charge on any atom is -0.480 e. The average Bonchev–Trinajstić information content (AvgIpc) is 2.93. The van der Waals surface area contributed by atoms with E-state index in [9.17, 15) is 29.1 Å². The Morgan fingerprint density at radius 2 is 1.67 bits per heavy atom. The van der Waals surface area contributed by atoms with Gasteiger partial charge in [-0.15, -0.1) is 0 Å². The van der Waals surface area contributed by atoms with E-state index in [-0.39, 0.29) is 24.1 Å². The lowest BCUT2D eigenvalue weighted by Crippen LogP contribution is -2.56. The first kappa shape index (κ1) is 29.7. The number of carboxylic acid groups (broad SMARTS) is 1. The summed E-state index contributed by atoms with van der Waals surface area (Å²) in [6.07, 6.45) is 2.60. The molecule has 3 rings (SSSR count). The number of carbonyl (C=O) groups is 3. The molecule has 1 aromatic heterocycles. The standard InChI is InChI=1S/C28H34N4O6S/c1-4-17(2)23(25(34)29-21(27(36)37)14-15-39-3)31-24(33)22(16-18-10-6-5-7-11-18)32-26(35)19-12-8-9-13-20(19)30-28(32)38/h5-13,17,21-23H,4,14-16H2,1-3H3,(H,29,34)(H,30,38)(H,31,33)(H,36,37)/t17-,21+,22-,23+/m1/s1. The number of aliphatic carboxylic acids is 1. The summed E-state index contributed by atoms with van der Waals surface area (Å²) in [7, 11) is 0. The Hall–Kier alpha value is -3.86. The molecule has 0 saturated heterocycles. The van der Waals surface area contributed by atoms with Gasteiger partial charge in [-0.3, -0.25) is 14.4 Å². The number of aromatic amines is 1. The number of hydrogen-bond donors (Lipinski definition) is 4. The molecule has 0 saturated carbocycles. The van der Waals surface area contributed by atoms with Crippen molar-refractivity contribution in [2.75, 3.05) is 12.0 Å². The van der Waals surface area contributed by atoms with Gasteiger partial charge in [0.05, 0.1) is 10.9 Å². The van der Waals surface area contributed by atoms with Crippen LogP contribution in [0.3, 0.4) is 0 Å². The second-order valence-electron chi connectivity index (χ2n) is 9.41. The summed E-state index contributed by atoms with van der Waals surface area (Å²) in [6, 6.07) is 12.0. The molecular formula is C28H34N4O6S. The van der Waals surface area contributed by atoms with Crippen LogP contribution in [-0.4, -0.2) is 56.5 Å². The zero-order valence-corrected chi connectivity index (χ0v) is 23.0. The second-order valence-corrected chi connectivity index (χ2v) is 10.4. The molecule has 0 radical (unpaired) electrons. The maximum absolute atomic E-state index is 13.8. The first-order valence-corrected chi connectivity index (χ1v) is 14.2. The first-order valence-electron chi connectivity index (χ1n) is 12.8. The van der Waals surface area contributed by atoms with E-state index in [1.54, 1.807) is 55.5 Å². The highest BCUT2D eigenvalue weighted by Gasteiger charge is 2.33. The number of thioether (sulfide) groups is 1. The van der Waals surface area contributed by atoms with Gasteiger partial charge < -0.3 is 20.7 Å². The number of aromatic nitrogens is 2. The molecule has 0 fully saturated rings. The molecule has 0 bridgehead atoms. The largest absolute Gasteiger partial charge is 0.480 e. The number of nitrogens with one attached hydrogen (secondary N) is 3. The number of benzene rings is 2. The van der Waals surface area contributed by atoms with E-state index in [2.05, 4.69) is 15.6 Å². The summed E-state index contributed by atoms with van der Waals surface area (Å²) in [5.74, 6) is -2.32. The number of amides is 2. The molecule has 3 aromatic rings. The fourth-order valence-electron chi connectivity index (χ4n) is 4.30. The van der Waals surface area contributed by atoms with E-state index in [1.165, 1.54) is 11.8 Å². The Morgan fingerprint density at radius 3 is 2.31 bits per heavy atom. The van der Waals surface area contributed by atoms with Crippen molar-refractivity contribution in [2.45, 2.75) is 51.2 Å². The van der Waals surface area contributed by atoms with Gasteiger partial charge >= 0.3 is 11.7 Å². The van der Waals surface area contributed by atoms with Crippen molar-refractivity contribution >= 4 is 40.4 Å². The van der Waals surface area contributed by atoms with Crippen LogP contribution in [-0.2, 0) is 20.8 Å². The van der Waals surface area contributed by atoms with Crippen molar-refractivity contribution in [3.63, 3.8) is 0 Å². The summed E-state index contributed by atoms with van der Waals surface area (Å²) >= 11 is 1.46. The van der Waals surface area contributed by atoms with Crippen molar-refractivity contribution in [1.29, 1.82) is 0 Å². The van der Waals surface area contributed by atoms with Crippen LogP contribution in [0, 0.1) is 5.92 Å². The predicted octanol–water partition coefficient (Wildman–Crippen LogP) is 2.33. The number of nitrogens with zero attached hydrogens (tertiary/aromatic N) is 1. The number of para-hydroxylation sites is 1. The number of rotatable bonds is 13. The van der Waals surface area contributed by atoms with E-state index in [4.69, 9.17) is 0 Å². The molecule has 0 aliphatic carbocycles. The Balaban J connectivity index is 2.00. The van der Waals surface area contributed by atoms with Crippen LogP contribution in [0.2, 0.25) is 0 Å². The zero-order chi connectivity index (χ0) is 28.5. The molecule has 11 heteroatoms. The fourth-order valence-corrected chi connectivity index (χ4v) is 4.78. The molecule has 2 aromatic carbocycles. The van der Waals surface area contributed by atoms with Crippen LogP contribution in [0.1, 0.15) is 38.3 Å². The Morgan fingerprint density at radius 1 is 1.00 bits per heavy atom. The fraction of sp³-hybridized carbons (Fsp3) is 0.393. The normalized spacial score (nSPS) is 14.2. The summed E-state index contributed by atoms with van der Waals surface area (Å²) in [4.78, 5) is 68.0. The number of carbonyl (C=O) groups excluding carboxylic acids is 2. The summed E-state index contributed by atoms with van der Waals surface area (Å²) in [5, 5.41) is 15.1. The van der Waals surface area contributed by atoms with Crippen LogP contribution in [0.25, 0.3) is 10.9 Å². The summed E-state index contributed by atoms with van der Waals surface area (Å²) in [5.41, 5.74) is -0.311. The molecule has 39 heavy (non-hydrogen) atoms. The highest BCUT2D eigenvalue weighted by molar-refractivity contribution is 7.98. The Labute approximate surface area is 230 Å². The predicted molar refractivity (Wildman–Crippen MR) is 152 cm³/mol. The molecule has 0 unspecified atom stereocenters. The molecule has 0 aliphatic heterocycles. The van der Waals surface area contributed by atoms with Gasteiger partial charge in [-0.1, -0.05) is 62.7 Å². The SMILES string of the molecule is CC[C@@H](C)[C@H](NC(=O)[C@@H](Cc1ccccc1)n1c(=O)[nH]c2ccccc2c1=O)C(=O)N[C@@H](CCSC)C(=O)O. The van der Waals surface area contributed by atoms with Gasteiger partial charge in [0.15, 0.2) is 0 Å². The lowest BCUT2D eigenvalue weighted by Gasteiger charge is -2.28. The maximum atomic E-state index is 13.8. The molecule has 4 atom stereocenters. The summed E-state index contributed by atoms with van der Waals surface area (Å²) in [6.45, 7) is 3.61. The van der Waals surface area contributed by atoms with Gasteiger partial charge in [-0.05, 0) is 42.0 Å². The Kier molecular flexibility index (Phi) is 10.5. The third-order valence-electron chi connectivity index (χ3n) is 6.74. The van der Waals surface area contributed by atoms with Crippen molar-refractivity contribution in [1.82, 2.24) is 20.2 Å². The van der Waals surface area contributed by atoms with Crippen LogP contribution in [0.15, 0.2) is 64.2 Å². The number of hydrogen-bond acceptors (Lipinski definition) is 6. The lowest BCUT2D eigenvalue weighted by atomic mass is 9.96. The van der Waals surface area contributed by atoms with Crippen molar-refractivity contribution in [3.8, 4) is 0 Å². The van der Waals surface area contributed by atoms with Gasteiger partial charge in [-0.2, -0.15) is 11.8 Å². The minimum atomic E-state index is -1.26. The maximum Gasteiger partial charge on any atom is 0.329 e. The van der Waals surface area contributed by atoms with E-state index in [1.807, 2.05) is 19.2 Å². The van der Waals surface area contributed by atoms with Crippen LogP contribution >= 0.6 is 11.8 Å². The average molecular weight is 555 g/mol. The molecule has 0 aliphatic rings. The van der Waals surface area contributed by atoms with Crippen LogP contribution < -0.4 is 21.9 Å². The van der Waals surface area contributed by atoms with Crippen molar-refractivity contribution in [2.24, 2.45) is 5.92 Å². The molecule has 2 amide bonds. The third-order valence-corrected chi connectivity index (χ3v) is 7.39. The first-order chi connectivity index (χ1) is 18.7. The number of carboxylic acids is 1. The van der Waals surface area contributed by atoms with Crippen LogP contribution in [0.5, 0.6) is 0 Å². The smallest absolute Gasteiger partial charge is 0.329 e. The zero-order valence-electron chi connectivity index (χ0n) is 22.2. The minimum absolute atomic E-state index is 0.0221. The van der Waals surface area contributed by atoms with Crippen molar-refractivity contribution in [3.05, 3.63) is 81.0 Å². The molecule has 10 nitrogen and oxygen atoms in total. The molecular weight excluding hydrogens is 520 g/mol. The van der Waals surface area contributed by atoms with Gasteiger partial charge in [-0.25, -0.2) is 14.2 Å². The van der Waals surface area contributed by atoms with Crippen molar-refractivity contribution < 1.29 is 19.5 Å². The lowest BCUT2D eigenvalue weighted by molar-refractivity contribution is -0.142. The molecule has 4 N–H and O–H groups in total. The molecule has 0 spiro atoms. The monoisotopic (exact) mass is 554 g/mol. The summed E-state index contributed by atoms with van der Waals surface area (Å²) < 4.78 is 0.884.